The van der Waals surface area contributed by atoms with Gasteiger partial charge in [0.1, 0.15) is 5.75 Å². The highest BCUT2D eigenvalue weighted by molar-refractivity contribution is 5.70. The number of aromatic hydroxyl groups is 1. The normalized spacial score (nSPS) is 10.9. The van der Waals surface area contributed by atoms with Crippen LogP contribution in [0.25, 0.3) is 11.3 Å². The minimum Gasteiger partial charge on any atom is -0.507 e. The summed E-state index contributed by atoms with van der Waals surface area (Å²) in [6.45, 7) is 4.10. The van der Waals surface area contributed by atoms with Crippen LogP contribution in [0.4, 0.5) is 5.95 Å². The van der Waals surface area contributed by atoms with Crippen LogP contribution < -0.4 is 5.73 Å². The minimum absolute atomic E-state index is 0.218. The van der Waals surface area contributed by atoms with E-state index < -0.39 is 0 Å². The van der Waals surface area contributed by atoms with Gasteiger partial charge in [0.25, 0.3) is 0 Å². The number of rotatable bonds is 2. The largest absolute Gasteiger partial charge is 0.507 e. The van der Waals surface area contributed by atoms with Crippen molar-refractivity contribution in [2.75, 3.05) is 5.73 Å². The molecular weight excluding hydrogens is 202 g/mol. The summed E-state index contributed by atoms with van der Waals surface area (Å²) in [5.74, 6) is 0.872. The third-order valence-electron chi connectivity index (χ3n) is 2.49. The Morgan fingerprint density at radius 3 is 2.62 bits per heavy atom. The van der Waals surface area contributed by atoms with Crippen LogP contribution in [-0.4, -0.2) is 15.1 Å². The number of anilines is 1. The predicted octanol–water partition coefficient (Wildman–Crippen LogP) is 2.49. The number of aromatic nitrogens is 2. The Bertz CT molecular complexity index is 503. The number of H-pyrrole nitrogens is 1. The van der Waals surface area contributed by atoms with E-state index in [0.29, 0.717) is 11.5 Å². The molecule has 0 aliphatic rings. The van der Waals surface area contributed by atoms with Gasteiger partial charge in [-0.25, -0.2) is 4.98 Å². The van der Waals surface area contributed by atoms with Crippen LogP contribution >= 0.6 is 0 Å². The maximum Gasteiger partial charge on any atom is 0.198 e. The fourth-order valence-corrected chi connectivity index (χ4v) is 1.70. The lowest BCUT2D eigenvalue weighted by atomic mass is 10.0. The molecular formula is C12H15N3O. The van der Waals surface area contributed by atoms with Gasteiger partial charge in [-0.15, -0.1) is 0 Å². The number of phenols is 1. The van der Waals surface area contributed by atoms with Crippen molar-refractivity contribution in [2.45, 2.75) is 19.8 Å². The zero-order valence-corrected chi connectivity index (χ0v) is 9.36. The van der Waals surface area contributed by atoms with Crippen molar-refractivity contribution in [1.82, 2.24) is 9.97 Å². The first kappa shape index (κ1) is 10.5. The van der Waals surface area contributed by atoms with Gasteiger partial charge in [-0.2, -0.15) is 0 Å². The number of hydrogen-bond acceptors (Lipinski definition) is 3. The molecule has 0 spiro atoms. The summed E-state index contributed by atoms with van der Waals surface area (Å²) in [6, 6.07) is 7.12. The molecule has 4 heteroatoms. The maximum absolute atomic E-state index is 9.78. The van der Waals surface area contributed by atoms with Crippen molar-refractivity contribution < 1.29 is 5.11 Å². The number of imidazole rings is 1. The number of para-hydroxylation sites is 1. The zero-order chi connectivity index (χ0) is 11.7. The van der Waals surface area contributed by atoms with Gasteiger partial charge in [0, 0.05) is 11.3 Å². The Hall–Kier alpha value is -1.97. The summed E-state index contributed by atoms with van der Waals surface area (Å²) in [5, 5.41) is 9.78. The van der Waals surface area contributed by atoms with Crippen molar-refractivity contribution in [3.63, 3.8) is 0 Å². The third-order valence-corrected chi connectivity index (χ3v) is 2.49. The molecule has 0 atom stereocenters. The summed E-state index contributed by atoms with van der Waals surface area (Å²) < 4.78 is 0. The lowest BCUT2D eigenvalue weighted by Crippen LogP contribution is -1.91. The van der Waals surface area contributed by atoms with Gasteiger partial charge in [-0.1, -0.05) is 26.0 Å². The quantitative estimate of drug-likeness (QED) is 0.723. The molecule has 2 rings (SSSR count). The molecule has 0 unspecified atom stereocenters. The van der Waals surface area contributed by atoms with E-state index in [4.69, 9.17) is 5.73 Å². The highest BCUT2D eigenvalue weighted by Crippen LogP contribution is 2.33. The van der Waals surface area contributed by atoms with Gasteiger partial charge in [0.2, 0.25) is 0 Å². The zero-order valence-electron chi connectivity index (χ0n) is 9.36. The molecule has 0 saturated heterocycles. The molecule has 0 radical (unpaired) electrons. The summed E-state index contributed by atoms with van der Waals surface area (Å²) in [6.07, 6.45) is 0. The Labute approximate surface area is 94.1 Å². The minimum atomic E-state index is 0.218. The molecule has 1 aromatic heterocycles. The molecule has 16 heavy (non-hydrogen) atoms. The number of nitrogen functional groups attached to an aromatic ring is 1. The highest BCUT2D eigenvalue weighted by atomic mass is 16.3. The Kier molecular flexibility index (Phi) is 2.56. The van der Waals surface area contributed by atoms with Gasteiger partial charge in [-0.3, -0.25) is 0 Å². The lowest BCUT2D eigenvalue weighted by molar-refractivity contribution is 0.477. The van der Waals surface area contributed by atoms with Gasteiger partial charge in [-0.05, 0) is 18.1 Å². The molecule has 0 aliphatic carbocycles. The smallest absolute Gasteiger partial charge is 0.198 e. The monoisotopic (exact) mass is 217 g/mol. The molecule has 0 saturated carbocycles. The number of hydrogen-bond donors (Lipinski definition) is 3. The van der Waals surface area contributed by atoms with Crippen molar-refractivity contribution in [1.29, 1.82) is 0 Å². The topological polar surface area (TPSA) is 74.9 Å². The van der Waals surface area contributed by atoms with E-state index in [2.05, 4.69) is 23.8 Å². The van der Waals surface area contributed by atoms with Crippen molar-refractivity contribution in [3.8, 4) is 17.0 Å². The van der Waals surface area contributed by atoms with Crippen LogP contribution in [0.2, 0.25) is 0 Å². The van der Waals surface area contributed by atoms with Crippen molar-refractivity contribution in [3.05, 3.63) is 30.0 Å². The molecule has 4 nitrogen and oxygen atoms in total. The Balaban J connectivity index is 2.60. The number of nitrogens with two attached hydrogens (primary N) is 1. The first-order valence-corrected chi connectivity index (χ1v) is 5.23. The van der Waals surface area contributed by atoms with E-state index in [-0.39, 0.29) is 11.7 Å². The molecule has 0 aliphatic heterocycles. The van der Waals surface area contributed by atoms with E-state index in [1.165, 1.54) is 0 Å². The summed E-state index contributed by atoms with van der Waals surface area (Å²) in [7, 11) is 0. The van der Waals surface area contributed by atoms with Crippen LogP contribution in [0.5, 0.6) is 5.75 Å². The average molecular weight is 217 g/mol. The van der Waals surface area contributed by atoms with Crippen molar-refractivity contribution >= 4 is 5.95 Å². The lowest BCUT2D eigenvalue weighted by Gasteiger charge is -2.06. The summed E-state index contributed by atoms with van der Waals surface area (Å²) in [4.78, 5) is 7.25. The van der Waals surface area contributed by atoms with E-state index in [1.54, 1.807) is 12.1 Å². The Morgan fingerprint density at radius 2 is 2.00 bits per heavy atom. The molecule has 1 aromatic carbocycles. The number of benzene rings is 1. The first-order chi connectivity index (χ1) is 7.59. The maximum atomic E-state index is 9.78. The number of phenolic OH excluding ortho intramolecular Hbond substituents is 1. The van der Waals surface area contributed by atoms with E-state index in [1.807, 2.05) is 12.1 Å². The average Bonchev–Trinajstić information content (AvgIpc) is 2.61. The number of nitrogens with zero attached hydrogens (tertiary/aromatic N) is 1. The third kappa shape index (κ3) is 1.74. The van der Waals surface area contributed by atoms with Crippen LogP contribution in [0.3, 0.4) is 0 Å². The molecule has 0 fully saturated rings. The summed E-state index contributed by atoms with van der Waals surface area (Å²) >= 11 is 0. The van der Waals surface area contributed by atoms with Gasteiger partial charge in [0.05, 0.1) is 5.69 Å². The molecule has 1 heterocycles. The molecule has 2 aromatic rings. The van der Waals surface area contributed by atoms with Gasteiger partial charge in [0.15, 0.2) is 5.95 Å². The first-order valence-electron chi connectivity index (χ1n) is 5.23. The SMILES string of the molecule is CC(C)c1[nH]c(N)nc1-c1ccccc1O. The van der Waals surface area contributed by atoms with Crippen LogP contribution in [-0.2, 0) is 0 Å². The highest BCUT2D eigenvalue weighted by Gasteiger charge is 2.15. The van der Waals surface area contributed by atoms with Crippen LogP contribution in [0.1, 0.15) is 25.5 Å². The predicted molar refractivity (Wildman–Crippen MR) is 64.2 cm³/mol. The number of nitrogens with one attached hydrogen (secondary N) is 1. The standard InChI is InChI=1S/C12H15N3O/c1-7(2)10-11(15-12(13)14-10)8-5-3-4-6-9(8)16/h3-7,16H,1-2H3,(H3,13,14,15). The molecule has 4 N–H and O–H groups in total. The van der Waals surface area contributed by atoms with E-state index >= 15 is 0 Å². The molecule has 0 amide bonds. The second-order valence-corrected chi connectivity index (χ2v) is 4.06. The van der Waals surface area contributed by atoms with Crippen molar-refractivity contribution in [2.24, 2.45) is 0 Å². The van der Waals surface area contributed by atoms with E-state index in [9.17, 15) is 5.11 Å². The molecule has 0 bridgehead atoms. The van der Waals surface area contributed by atoms with E-state index in [0.717, 1.165) is 11.4 Å². The fraction of sp³-hybridized carbons (Fsp3) is 0.250. The summed E-state index contributed by atoms with van der Waals surface area (Å²) in [5.41, 5.74) is 8.03. The fourth-order valence-electron chi connectivity index (χ4n) is 1.70. The Morgan fingerprint density at radius 1 is 1.31 bits per heavy atom. The van der Waals surface area contributed by atoms with Gasteiger partial charge < -0.3 is 15.8 Å². The number of aromatic amines is 1. The van der Waals surface area contributed by atoms with Crippen LogP contribution in [0, 0.1) is 0 Å². The second-order valence-electron chi connectivity index (χ2n) is 4.06. The molecule has 84 valence electrons. The van der Waals surface area contributed by atoms with Gasteiger partial charge >= 0.3 is 0 Å². The second kappa shape index (κ2) is 3.89. The van der Waals surface area contributed by atoms with Crippen LogP contribution in [0.15, 0.2) is 24.3 Å².